The van der Waals surface area contributed by atoms with Gasteiger partial charge in [0.1, 0.15) is 34.9 Å². The van der Waals surface area contributed by atoms with Crippen LogP contribution in [0.2, 0.25) is 25.7 Å². The van der Waals surface area contributed by atoms with Crippen LogP contribution in [0.1, 0.15) is 66.7 Å². The molecule has 2 aliphatic rings. The van der Waals surface area contributed by atoms with Crippen molar-refractivity contribution >= 4 is 31.6 Å². The summed E-state index contributed by atoms with van der Waals surface area (Å²) in [6.45, 7) is 13.2. The van der Waals surface area contributed by atoms with Crippen molar-refractivity contribution in [3.8, 4) is 11.5 Å². The van der Waals surface area contributed by atoms with E-state index >= 15 is 0 Å². The number of hydrogen-bond acceptors (Lipinski definition) is 8. The Kier molecular flexibility index (Phi) is 12.3. The number of aryl methyl sites for hydroxylation is 2. The molecule has 44 heavy (non-hydrogen) atoms. The van der Waals surface area contributed by atoms with E-state index in [1.54, 1.807) is 21.1 Å². The minimum absolute atomic E-state index is 0.00141. The van der Waals surface area contributed by atoms with Gasteiger partial charge in [-0.15, -0.1) is 0 Å². The SMILES string of the molecule is CCOC(=O)[C@@H]1C(=O)CC[C@H]1c1cc(C)cc(OC)c1.COc1cc(C)cc([C@@H]2CCC(=O)[C@H]2C(=O)OCC[Si](C)(C)C)c1. The third kappa shape index (κ3) is 9.27. The van der Waals surface area contributed by atoms with Crippen LogP contribution in [-0.4, -0.2) is 59.0 Å². The number of ether oxygens (including phenoxy) is 4. The van der Waals surface area contributed by atoms with Gasteiger partial charge in [-0.05, 0) is 86.2 Å². The molecule has 2 aromatic carbocycles. The Morgan fingerprint density at radius 3 is 1.55 bits per heavy atom. The van der Waals surface area contributed by atoms with Crippen LogP contribution < -0.4 is 9.47 Å². The number of ketones is 2. The average molecular weight is 625 g/mol. The van der Waals surface area contributed by atoms with Crippen molar-refractivity contribution in [2.45, 2.75) is 84.0 Å². The molecule has 2 aromatic rings. The fourth-order valence-electron chi connectivity index (χ4n) is 5.99. The molecule has 8 nitrogen and oxygen atoms in total. The third-order valence-electron chi connectivity index (χ3n) is 8.27. The lowest BCUT2D eigenvalue weighted by Crippen LogP contribution is -2.29. The zero-order valence-electron chi connectivity index (χ0n) is 27.5. The molecule has 4 atom stereocenters. The normalized spacial score (nSPS) is 21.4. The summed E-state index contributed by atoms with van der Waals surface area (Å²) >= 11 is 0. The number of benzene rings is 2. The van der Waals surface area contributed by atoms with Gasteiger partial charge in [0.2, 0.25) is 0 Å². The molecule has 2 aliphatic carbocycles. The monoisotopic (exact) mass is 624 g/mol. The molecule has 0 unspecified atom stereocenters. The Bertz CT molecular complexity index is 1340. The maximum Gasteiger partial charge on any atom is 0.317 e. The summed E-state index contributed by atoms with van der Waals surface area (Å²) in [4.78, 5) is 48.8. The lowest BCUT2D eigenvalue weighted by atomic mass is 9.87. The van der Waals surface area contributed by atoms with Crippen molar-refractivity contribution in [3.05, 3.63) is 58.7 Å². The number of esters is 2. The van der Waals surface area contributed by atoms with E-state index in [1.165, 1.54) is 0 Å². The fourth-order valence-corrected chi connectivity index (χ4v) is 6.71. The molecular weight excluding hydrogens is 576 g/mol. The predicted octanol–water partition coefficient (Wildman–Crippen LogP) is 6.58. The molecule has 2 saturated carbocycles. The van der Waals surface area contributed by atoms with Crippen molar-refractivity contribution in [1.82, 2.24) is 0 Å². The summed E-state index contributed by atoms with van der Waals surface area (Å²) in [7, 11) is 1.98. The molecule has 2 fully saturated rings. The molecule has 0 aliphatic heterocycles. The first-order chi connectivity index (χ1) is 20.8. The molecule has 0 aromatic heterocycles. The number of carbonyl (C=O) groups is 4. The Morgan fingerprint density at radius 1 is 0.727 bits per heavy atom. The molecule has 0 radical (unpaired) electrons. The molecule has 0 heterocycles. The first-order valence-electron chi connectivity index (χ1n) is 15.5. The second kappa shape index (κ2) is 15.5. The second-order valence-corrected chi connectivity index (χ2v) is 18.6. The molecule has 0 spiro atoms. The standard InChI is InChI=1S/C19H28O4Si.C16H20O4/c1-13-10-14(12-15(11-13)22-2)16-6-7-17(20)18(16)19(21)23-8-9-24(3,4)5;1-4-20-16(18)15-13(5-6-14(15)17)11-7-10(2)8-12(9-11)19-3/h10-12,16,18H,6-9H2,1-5H3;7-9,13,15H,4-6H2,1-3H3/t16-,18-;13-,15-/m00/s1. The van der Waals surface area contributed by atoms with E-state index < -0.39 is 25.9 Å². The summed E-state index contributed by atoms with van der Waals surface area (Å²) in [6.07, 6.45) is 2.26. The van der Waals surface area contributed by atoms with Crippen LogP contribution in [0.5, 0.6) is 11.5 Å². The molecule has 240 valence electrons. The lowest BCUT2D eigenvalue weighted by molar-refractivity contribution is -0.152. The molecule has 0 bridgehead atoms. The Labute approximate surface area is 262 Å². The summed E-state index contributed by atoms with van der Waals surface area (Å²) in [6, 6.07) is 12.7. The minimum atomic E-state index is -1.26. The minimum Gasteiger partial charge on any atom is -0.497 e. The van der Waals surface area contributed by atoms with E-state index in [1.807, 2.05) is 50.2 Å². The highest BCUT2D eigenvalue weighted by Gasteiger charge is 2.43. The zero-order valence-corrected chi connectivity index (χ0v) is 28.5. The van der Waals surface area contributed by atoms with Gasteiger partial charge in [0.15, 0.2) is 0 Å². The average Bonchev–Trinajstić information content (AvgIpc) is 3.54. The number of carbonyl (C=O) groups excluding carboxylic acids is 4. The van der Waals surface area contributed by atoms with Crippen LogP contribution in [0.15, 0.2) is 36.4 Å². The first-order valence-corrected chi connectivity index (χ1v) is 19.2. The smallest absolute Gasteiger partial charge is 0.317 e. The van der Waals surface area contributed by atoms with E-state index in [0.29, 0.717) is 38.9 Å². The molecule has 0 saturated heterocycles. The van der Waals surface area contributed by atoms with Gasteiger partial charge in [-0.1, -0.05) is 31.8 Å². The van der Waals surface area contributed by atoms with Crippen molar-refractivity contribution < 1.29 is 38.1 Å². The maximum absolute atomic E-state index is 12.5. The Morgan fingerprint density at radius 2 is 1.16 bits per heavy atom. The number of rotatable bonds is 10. The number of methoxy groups -OCH3 is 2. The highest BCUT2D eigenvalue weighted by Crippen LogP contribution is 2.41. The quantitative estimate of drug-likeness (QED) is 0.166. The van der Waals surface area contributed by atoms with Crippen LogP contribution >= 0.6 is 0 Å². The Balaban J connectivity index is 0.000000244. The van der Waals surface area contributed by atoms with Gasteiger partial charge in [0.25, 0.3) is 0 Å². The van der Waals surface area contributed by atoms with Gasteiger partial charge < -0.3 is 18.9 Å². The van der Waals surface area contributed by atoms with E-state index in [0.717, 1.165) is 39.8 Å². The van der Waals surface area contributed by atoms with Crippen molar-refractivity contribution in [1.29, 1.82) is 0 Å². The van der Waals surface area contributed by atoms with Crippen LogP contribution in [0.25, 0.3) is 0 Å². The molecule has 9 heteroatoms. The van der Waals surface area contributed by atoms with Gasteiger partial charge in [-0.25, -0.2) is 0 Å². The second-order valence-electron chi connectivity index (χ2n) is 13.0. The van der Waals surface area contributed by atoms with Crippen LogP contribution in [0.3, 0.4) is 0 Å². The van der Waals surface area contributed by atoms with Gasteiger partial charge in [-0.3, -0.25) is 19.2 Å². The third-order valence-corrected chi connectivity index (χ3v) is 9.97. The first kappa shape index (κ1) is 35.0. The highest BCUT2D eigenvalue weighted by atomic mass is 28.3. The van der Waals surface area contributed by atoms with Crippen LogP contribution in [0, 0.1) is 25.7 Å². The summed E-state index contributed by atoms with van der Waals surface area (Å²) < 4.78 is 21.1. The largest absolute Gasteiger partial charge is 0.497 e. The van der Waals surface area contributed by atoms with E-state index in [2.05, 4.69) is 19.6 Å². The number of Topliss-reactive ketones (excluding diaryl/α,β-unsaturated/α-hetero) is 2. The predicted molar refractivity (Wildman–Crippen MR) is 172 cm³/mol. The van der Waals surface area contributed by atoms with Crippen molar-refractivity contribution in [3.63, 3.8) is 0 Å². The van der Waals surface area contributed by atoms with Crippen molar-refractivity contribution in [2.24, 2.45) is 11.8 Å². The Hall–Kier alpha value is -3.46. The topological polar surface area (TPSA) is 105 Å². The van der Waals surface area contributed by atoms with Gasteiger partial charge in [0.05, 0.1) is 27.4 Å². The van der Waals surface area contributed by atoms with E-state index in [-0.39, 0.29) is 29.4 Å². The number of hydrogen-bond donors (Lipinski definition) is 0. The molecular formula is C35H48O8Si. The lowest BCUT2D eigenvalue weighted by Gasteiger charge is -2.20. The summed E-state index contributed by atoms with van der Waals surface area (Å²) in [5.74, 6) is -0.813. The summed E-state index contributed by atoms with van der Waals surface area (Å²) in [5, 5.41) is 0. The van der Waals surface area contributed by atoms with E-state index in [9.17, 15) is 19.2 Å². The highest BCUT2D eigenvalue weighted by molar-refractivity contribution is 6.76. The van der Waals surface area contributed by atoms with Crippen molar-refractivity contribution in [2.75, 3.05) is 27.4 Å². The fraction of sp³-hybridized carbons (Fsp3) is 0.543. The van der Waals surface area contributed by atoms with Crippen LogP contribution in [-0.2, 0) is 28.7 Å². The van der Waals surface area contributed by atoms with Gasteiger partial charge >= 0.3 is 11.9 Å². The van der Waals surface area contributed by atoms with E-state index in [4.69, 9.17) is 18.9 Å². The molecule has 0 N–H and O–H groups in total. The molecule has 0 amide bonds. The zero-order chi connectivity index (χ0) is 32.6. The van der Waals surface area contributed by atoms with Crippen LogP contribution in [0.4, 0.5) is 0 Å². The maximum atomic E-state index is 12.5. The molecule has 4 rings (SSSR count). The van der Waals surface area contributed by atoms with Gasteiger partial charge in [0, 0.05) is 32.8 Å². The van der Waals surface area contributed by atoms with Gasteiger partial charge in [-0.2, -0.15) is 0 Å². The summed E-state index contributed by atoms with van der Waals surface area (Å²) in [5.41, 5.74) is 4.09.